The van der Waals surface area contributed by atoms with Crippen LogP contribution in [-0.4, -0.2) is 39.8 Å². The van der Waals surface area contributed by atoms with E-state index in [-0.39, 0.29) is 28.7 Å². The summed E-state index contributed by atoms with van der Waals surface area (Å²) in [5.41, 5.74) is 2.10. The van der Waals surface area contributed by atoms with Gasteiger partial charge in [-0.25, -0.2) is 9.97 Å². The summed E-state index contributed by atoms with van der Waals surface area (Å²) in [5, 5.41) is 3.20. The minimum absolute atomic E-state index is 0.0418. The first-order chi connectivity index (χ1) is 13.0. The Kier molecular flexibility index (Phi) is 5.78. The number of hydrogen-bond acceptors (Lipinski definition) is 4. The predicted octanol–water partition coefficient (Wildman–Crippen LogP) is 3.31. The van der Waals surface area contributed by atoms with Crippen LogP contribution in [0.3, 0.4) is 0 Å². The number of carbonyl (C=O) groups is 2. The van der Waals surface area contributed by atoms with E-state index in [4.69, 9.17) is 4.98 Å². The number of likely N-dealkylation sites (tertiary alicyclic amines) is 1. The number of hydrogen-bond donors (Lipinski definition) is 1. The monoisotopic (exact) mass is 386 g/mol. The molecule has 1 fully saturated rings. The van der Waals surface area contributed by atoms with Crippen molar-refractivity contribution in [2.45, 2.75) is 84.6 Å². The highest BCUT2D eigenvalue weighted by molar-refractivity contribution is 5.78. The number of aromatic nitrogens is 2. The fourth-order valence-corrected chi connectivity index (χ4v) is 4.17. The summed E-state index contributed by atoms with van der Waals surface area (Å²) in [6, 6.07) is -0.0475. The van der Waals surface area contributed by atoms with Crippen molar-refractivity contribution in [3.63, 3.8) is 0 Å². The van der Waals surface area contributed by atoms with Crippen molar-refractivity contribution >= 4 is 11.8 Å². The van der Waals surface area contributed by atoms with Gasteiger partial charge in [0.2, 0.25) is 11.8 Å². The molecule has 0 spiro atoms. The van der Waals surface area contributed by atoms with Crippen LogP contribution < -0.4 is 5.32 Å². The van der Waals surface area contributed by atoms with Crippen molar-refractivity contribution in [1.29, 1.82) is 0 Å². The maximum absolute atomic E-state index is 12.6. The van der Waals surface area contributed by atoms with Gasteiger partial charge in [-0.1, -0.05) is 34.6 Å². The van der Waals surface area contributed by atoms with Crippen LogP contribution >= 0.6 is 0 Å². The number of carbonyl (C=O) groups excluding carboxylic acids is 2. The van der Waals surface area contributed by atoms with Crippen LogP contribution in [0.4, 0.5) is 0 Å². The Bertz CT molecular complexity index is 751. The first-order valence-corrected chi connectivity index (χ1v) is 10.5. The molecule has 1 atom stereocenters. The standard InChI is InChI=1S/C22H34N4O2/c1-21(2,3)20-23-14-15-16(12-22(4,5)13-17(15)25-20)24-18(27)8-6-10-26-11-7-9-19(26)28/h14,16H,6-13H2,1-5H3,(H,24,27)/t16-/m0/s1. The third-order valence-electron chi connectivity index (χ3n) is 5.69. The van der Waals surface area contributed by atoms with E-state index >= 15 is 0 Å². The largest absolute Gasteiger partial charge is 0.349 e. The van der Waals surface area contributed by atoms with E-state index in [1.807, 2.05) is 11.1 Å². The minimum atomic E-state index is -0.0949. The quantitative estimate of drug-likeness (QED) is 0.842. The van der Waals surface area contributed by atoms with E-state index in [0.717, 1.165) is 42.9 Å². The van der Waals surface area contributed by atoms with Gasteiger partial charge in [-0.2, -0.15) is 0 Å². The zero-order chi connectivity index (χ0) is 20.5. The van der Waals surface area contributed by atoms with Crippen molar-refractivity contribution in [3.8, 4) is 0 Å². The first kappa shape index (κ1) is 20.7. The Morgan fingerprint density at radius 3 is 2.75 bits per heavy atom. The van der Waals surface area contributed by atoms with Crippen molar-refractivity contribution in [1.82, 2.24) is 20.2 Å². The Balaban J connectivity index is 1.65. The Morgan fingerprint density at radius 1 is 1.36 bits per heavy atom. The Hall–Kier alpha value is -1.98. The van der Waals surface area contributed by atoms with Gasteiger partial charge in [0.25, 0.3) is 0 Å². The first-order valence-electron chi connectivity index (χ1n) is 10.5. The summed E-state index contributed by atoms with van der Waals surface area (Å²) in [4.78, 5) is 35.6. The lowest BCUT2D eigenvalue weighted by Gasteiger charge is -2.37. The Morgan fingerprint density at radius 2 is 2.11 bits per heavy atom. The molecule has 1 aromatic heterocycles. The molecule has 0 bridgehead atoms. The summed E-state index contributed by atoms with van der Waals surface area (Å²) in [6.07, 6.45) is 6.43. The van der Waals surface area contributed by atoms with E-state index in [9.17, 15) is 9.59 Å². The highest BCUT2D eigenvalue weighted by atomic mass is 16.2. The number of nitrogens with one attached hydrogen (secondary N) is 1. The third-order valence-corrected chi connectivity index (χ3v) is 5.69. The lowest BCUT2D eigenvalue weighted by molar-refractivity contribution is -0.128. The molecule has 3 rings (SSSR count). The highest BCUT2D eigenvalue weighted by Gasteiger charge is 2.35. The smallest absolute Gasteiger partial charge is 0.222 e. The zero-order valence-electron chi connectivity index (χ0n) is 18.0. The highest BCUT2D eigenvalue weighted by Crippen LogP contribution is 2.40. The molecule has 0 saturated carbocycles. The second kappa shape index (κ2) is 7.80. The predicted molar refractivity (Wildman–Crippen MR) is 109 cm³/mol. The zero-order valence-corrected chi connectivity index (χ0v) is 18.0. The average molecular weight is 387 g/mol. The summed E-state index contributed by atoms with van der Waals surface area (Å²) in [5.74, 6) is 1.11. The molecular formula is C22H34N4O2. The van der Waals surface area contributed by atoms with E-state index in [0.29, 0.717) is 25.8 Å². The summed E-state index contributed by atoms with van der Waals surface area (Å²) >= 11 is 0. The molecule has 2 heterocycles. The third kappa shape index (κ3) is 4.89. The second-order valence-electron chi connectivity index (χ2n) is 10.1. The molecule has 1 aliphatic heterocycles. The molecule has 1 saturated heterocycles. The van der Waals surface area contributed by atoms with Gasteiger partial charge >= 0.3 is 0 Å². The van der Waals surface area contributed by atoms with Crippen molar-refractivity contribution in [2.24, 2.45) is 5.41 Å². The molecule has 6 nitrogen and oxygen atoms in total. The SMILES string of the molecule is CC1(C)Cc2nc(C(C)(C)C)ncc2[C@@H](NC(=O)CCCN2CCCC2=O)C1. The van der Waals surface area contributed by atoms with Gasteiger partial charge in [-0.3, -0.25) is 9.59 Å². The van der Waals surface area contributed by atoms with E-state index in [2.05, 4.69) is 44.9 Å². The molecule has 0 radical (unpaired) electrons. The molecule has 28 heavy (non-hydrogen) atoms. The van der Waals surface area contributed by atoms with Crippen LogP contribution in [0.1, 0.15) is 89.8 Å². The molecule has 6 heteroatoms. The molecule has 1 N–H and O–H groups in total. The van der Waals surface area contributed by atoms with Gasteiger partial charge < -0.3 is 10.2 Å². The topological polar surface area (TPSA) is 75.2 Å². The fraction of sp³-hybridized carbons (Fsp3) is 0.727. The fourth-order valence-electron chi connectivity index (χ4n) is 4.17. The van der Waals surface area contributed by atoms with Crippen LogP contribution in [0.15, 0.2) is 6.20 Å². The molecule has 154 valence electrons. The number of rotatable bonds is 5. The van der Waals surface area contributed by atoms with Gasteiger partial charge in [-0.15, -0.1) is 0 Å². The maximum atomic E-state index is 12.6. The molecule has 1 aromatic rings. The second-order valence-corrected chi connectivity index (χ2v) is 10.1. The van der Waals surface area contributed by atoms with Gasteiger partial charge in [0, 0.05) is 48.8 Å². The molecule has 2 aliphatic rings. The van der Waals surface area contributed by atoms with Crippen LogP contribution in [0.5, 0.6) is 0 Å². The van der Waals surface area contributed by atoms with E-state index < -0.39 is 0 Å². The van der Waals surface area contributed by atoms with Crippen LogP contribution in [-0.2, 0) is 21.4 Å². The van der Waals surface area contributed by atoms with Gasteiger partial charge in [0.1, 0.15) is 5.82 Å². The normalized spacial score (nSPS) is 21.5. The maximum Gasteiger partial charge on any atom is 0.222 e. The molecular weight excluding hydrogens is 352 g/mol. The Labute approximate surface area is 168 Å². The number of fused-ring (bicyclic) bond motifs is 1. The van der Waals surface area contributed by atoms with Gasteiger partial charge in [-0.05, 0) is 31.1 Å². The van der Waals surface area contributed by atoms with Crippen LogP contribution in [0, 0.1) is 5.41 Å². The van der Waals surface area contributed by atoms with Crippen molar-refractivity contribution in [2.75, 3.05) is 13.1 Å². The summed E-state index contributed by atoms with van der Waals surface area (Å²) in [7, 11) is 0. The molecule has 0 unspecified atom stereocenters. The van der Waals surface area contributed by atoms with Crippen LogP contribution in [0.25, 0.3) is 0 Å². The molecule has 2 amide bonds. The van der Waals surface area contributed by atoms with E-state index in [1.165, 1.54) is 0 Å². The van der Waals surface area contributed by atoms with Crippen LogP contribution in [0.2, 0.25) is 0 Å². The summed E-state index contributed by atoms with van der Waals surface area (Å²) in [6.45, 7) is 12.3. The molecule has 0 aromatic carbocycles. The van der Waals surface area contributed by atoms with Gasteiger partial charge in [0.15, 0.2) is 0 Å². The molecule has 1 aliphatic carbocycles. The summed E-state index contributed by atoms with van der Waals surface area (Å²) < 4.78 is 0. The average Bonchev–Trinajstić information content (AvgIpc) is 2.97. The van der Waals surface area contributed by atoms with Gasteiger partial charge in [0.05, 0.1) is 6.04 Å². The number of amides is 2. The van der Waals surface area contributed by atoms with Crippen molar-refractivity contribution in [3.05, 3.63) is 23.3 Å². The lowest BCUT2D eigenvalue weighted by atomic mass is 9.74. The van der Waals surface area contributed by atoms with Crippen molar-refractivity contribution < 1.29 is 9.59 Å². The van der Waals surface area contributed by atoms with E-state index in [1.54, 1.807) is 0 Å². The number of nitrogens with zero attached hydrogens (tertiary/aromatic N) is 3. The minimum Gasteiger partial charge on any atom is -0.349 e. The lowest BCUT2D eigenvalue weighted by Crippen LogP contribution is -2.38.